The number of unbranched alkanes of at least 4 members (excludes halogenated alkanes) is 1. The Labute approximate surface area is 270 Å². The average molecular weight is 635 g/mol. The number of allylic oxidation sites excluding steroid dienone is 2. The summed E-state index contributed by atoms with van der Waals surface area (Å²) < 4.78 is 11.2. The van der Waals surface area contributed by atoms with Crippen LogP contribution >= 0.6 is 0 Å². The first kappa shape index (κ1) is 39.8. The van der Waals surface area contributed by atoms with Crippen molar-refractivity contribution in [3.8, 4) is 0 Å². The van der Waals surface area contributed by atoms with E-state index >= 15 is 0 Å². The monoisotopic (exact) mass is 634 g/mol. The molecule has 11 nitrogen and oxygen atoms in total. The molecule has 0 saturated carbocycles. The van der Waals surface area contributed by atoms with Gasteiger partial charge in [-0.25, -0.2) is 0 Å². The summed E-state index contributed by atoms with van der Waals surface area (Å²) in [5.41, 5.74) is 0.987. The van der Waals surface area contributed by atoms with Gasteiger partial charge in [0.25, 0.3) is 5.97 Å². The summed E-state index contributed by atoms with van der Waals surface area (Å²) in [5.74, 6) is 1.47. The molecule has 2 aliphatic rings. The van der Waals surface area contributed by atoms with Crippen molar-refractivity contribution in [3.05, 3.63) is 35.8 Å². The van der Waals surface area contributed by atoms with Crippen LogP contribution in [0.15, 0.2) is 35.8 Å². The van der Waals surface area contributed by atoms with Crippen LogP contribution in [0.3, 0.4) is 0 Å². The maximum Gasteiger partial charge on any atom is 0.300 e. The molecule has 2 aliphatic heterocycles. The Morgan fingerprint density at radius 3 is 2.31 bits per heavy atom. The minimum atomic E-state index is -0.833. The molecule has 0 spiro atoms. The largest absolute Gasteiger partial charge is 0.481 e. The Balaban J connectivity index is 0.00000238. The van der Waals surface area contributed by atoms with Gasteiger partial charge in [0.2, 0.25) is 25.0 Å². The Kier molecular flexibility index (Phi) is 19.1. The fourth-order valence-corrected chi connectivity index (χ4v) is 5.35. The molecule has 0 aromatic rings. The first-order chi connectivity index (χ1) is 21.3. The van der Waals surface area contributed by atoms with Crippen molar-refractivity contribution in [2.75, 3.05) is 60.2 Å². The summed E-state index contributed by atoms with van der Waals surface area (Å²) in [6.45, 7) is 18.4. The molecule has 2 saturated heterocycles. The minimum absolute atomic E-state index is 0.187. The molecule has 11 heteroatoms. The number of carbonyl (C=O) groups excluding carboxylic acids is 3. The summed E-state index contributed by atoms with van der Waals surface area (Å²) in [6, 6.07) is 0.223. The minimum Gasteiger partial charge on any atom is -0.481 e. The Hall–Kier alpha value is -3.18. The number of nitrogens with zero attached hydrogens (tertiary/aromatic N) is 4. The second-order valence-electron chi connectivity index (χ2n) is 12.4. The number of aliphatic carboxylic acids is 1. The van der Waals surface area contributed by atoms with Crippen molar-refractivity contribution in [3.63, 3.8) is 0 Å². The van der Waals surface area contributed by atoms with Gasteiger partial charge in [-0.2, -0.15) is 0 Å². The van der Waals surface area contributed by atoms with Crippen LogP contribution in [-0.4, -0.2) is 115 Å². The van der Waals surface area contributed by atoms with Crippen LogP contribution in [0.25, 0.3) is 0 Å². The molecule has 0 aromatic carbocycles. The topological polar surface area (TPSA) is 120 Å². The van der Waals surface area contributed by atoms with Gasteiger partial charge in [-0.3, -0.25) is 29.0 Å². The number of amides is 3. The number of likely N-dealkylation sites (tertiary alicyclic amines) is 1. The van der Waals surface area contributed by atoms with E-state index < -0.39 is 5.97 Å². The van der Waals surface area contributed by atoms with E-state index in [-0.39, 0.29) is 30.6 Å². The van der Waals surface area contributed by atoms with Crippen molar-refractivity contribution >= 4 is 24.2 Å². The van der Waals surface area contributed by atoms with E-state index in [9.17, 15) is 14.4 Å². The first-order valence-electron chi connectivity index (χ1n) is 16.3. The predicted octanol–water partition coefficient (Wildman–Crippen LogP) is 4.51. The van der Waals surface area contributed by atoms with Gasteiger partial charge < -0.3 is 24.4 Å². The third-order valence-electron chi connectivity index (χ3n) is 8.09. The molecule has 3 amide bonds. The van der Waals surface area contributed by atoms with Crippen LogP contribution in [0, 0.1) is 11.8 Å². The highest BCUT2D eigenvalue weighted by Gasteiger charge is 2.35. The second-order valence-corrected chi connectivity index (χ2v) is 12.4. The zero-order valence-electron chi connectivity index (χ0n) is 28.8. The molecule has 2 heterocycles. The van der Waals surface area contributed by atoms with Gasteiger partial charge in [0.1, 0.15) is 0 Å². The Bertz CT molecular complexity index is 1020. The van der Waals surface area contributed by atoms with Crippen LogP contribution in [0.4, 0.5) is 0 Å². The third-order valence-corrected chi connectivity index (χ3v) is 8.09. The highest BCUT2D eigenvalue weighted by molar-refractivity contribution is 5.85. The van der Waals surface area contributed by atoms with Crippen LogP contribution in [0.1, 0.15) is 79.6 Å². The molecule has 2 atom stereocenters. The van der Waals surface area contributed by atoms with Crippen LogP contribution in [0.2, 0.25) is 0 Å². The molecule has 0 radical (unpaired) electrons. The van der Waals surface area contributed by atoms with Crippen molar-refractivity contribution in [1.82, 2.24) is 19.6 Å². The lowest BCUT2D eigenvalue weighted by Gasteiger charge is -2.29. The quantitative estimate of drug-likeness (QED) is 0.217. The number of carboxylic acid groups (broad SMARTS) is 1. The third kappa shape index (κ3) is 15.6. The second kappa shape index (κ2) is 21.5. The predicted molar refractivity (Wildman–Crippen MR) is 176 cm³/mol. The molecule has 45 heavy (non-hydrogen) atoms. The molecule has 2 unspecified atom stereocenters. The molecule has 0 bridgehead atoms. The van der Waals surface area contributed by atoms with Gasteiger partial charge in [-0.15, -0.1) is 0 Å². The van der Waals surface area contributed by atoms with Gasteiger partial charge in [0.15, 0.2) is 11.5 Å². The van der Waals surface area contributed by atoms with Gasteiger partial charge in [-0.1, -0.05) is 33.8 Å². The molecular formula is C34H58N4O7. The van der Waals surface area contributed by atoms with Crippen LogP contribution in [-0.2, 0) is 28.7 Å². The number of carboxylic acids is 1. The molecule has 256 valence electrons. The summed E-state index contributed by atoms with van der Waals surface area (Å²) in [6.07, 6.45) is 10.7. The van der Waals surface area contributed by atoms with Gasteiger partial charge >= 0.3 is 0 Å². The number of rotatable bonds is 18. The standard InChI is InChI=1S/C32H54N4O5.C2H4O2/c1-8-10-15-35(16-11-12-25(3)4)32(39)22-36-21-27(26(5)19-30-29(9-2)40-24-41-30)20-28(36)13-17-33(6)18-14-31(38)34(7)23-37;1-2(3)4/h9,19,23,25,27-28H,5,8,10-18,20-22,24H2,1-4,6-7H3;1H3,(H,3,4)/b29-9+,30-19+;. The smallest absolute Gasteiger partial charge is 0.300 e. The maximum atomic E-state index is 13.6. The molecule has 2 fully saturated rings. The number of carbonyl (C=O) groups is 4. The summed E-state index contributed by atoms with van der Waals surface area (Å²) in [7, 11) is 3.48. The van der Waals surface area contributed by atoms with Crippen molar-refractivity contribution in [1.29, 1.82) is 0 Å². The first-order valence-corrected chi connectivity index (χ1v) is 16.3. The zero-order valence-corrected chi connectivity index (χ0v) is 28.8. The fraction of sp³-hybridized carbons (Fsp3) is 0.706. The van der Waals surface area contributed by atoms with E-state index in [2.05, 4.69) is 42.0 Å². The fourth-order valence-electron chi connectivity index (χ4n) is 5.35. The van der Waals surface area contributed by atoms with Crippen molar-refractivity contribution < 1.29 is 33.8 Å². The summed E-state index contributed by atoms with van der Waals surface area (Å²) in [5, 5.41) is 7.42. The highest BCUT2D eigenvalue weighted by atomic mass is 16.7. The summed E-state index contributed by atoms with van der Waals surface area (Å²) in [4.78, 5) is 53.1. The normalized spacial score (nSPS) is 19.7. The van der Waals surface area contributed by atoms with Crippen molar-refractivity contribution in [2.45, 2.75) is 85.6 Å². The van der Waals surface area contributed by atoms with E-state index in [1.807, 2.05) is 26.1 Å². The van der Waals surface area contributed by atoms with Crippen LogP contribution in [0.5, 0.6) is 0 Å². The van der Waals surface area contributed by atoms with E-state index in [4.69, 9.17) is 19.4 Å². The molecule has 2 rings (SSSR count). The number of hydrogen-bond acceptors (Lipinski definition) is 8. The zero-order chi connectivity index (χ0) is 33.9. The maximum absolute atomic E-state index is 13.6. The van der Waals surface area contributed by atoms with E-state index in [1.54, 1.807) is 0 Å². The van der Waals surface area contributed by atoms with E-state index in [0.717, 1.165) is 87.9 Å². The van der Waals surface area contributed by atoms with E-state index in [1.165, 1.54) is 7.05 Å². The number of hydrogen-bond donors (Lipinski definition) is 1. The molecule has 0 aromatic heterocycles. The van der Waals surface area contributed by atoms with Crippen molar-refractivity contribution in [2.24, 2.45) is 11.8 Å². The lowest BCUT2D eigenvalue weighted by atomic mass is 9.95. The van der Waals surface area contributed by atoms with E-state index in [0.29, 0.717) is 37.6 Å². The Morgan fingerprint density at radius 2 is 1.71 bits per heavy atom. The molecular weight excluding hydrogens is 576 g/mol. The molecule has 0 aliphatic carbocycles. The lowest BCUT2D eigenvalue weighted by molar-refractivity contribution is -0.137. The van der Waals surface area contributed by atoms with Gasteiger partial charge in [0, 0.05) is 52.6 Å². The van der Waals surface area contributed by atoms with Crippen LogP contribution < -0.4 is 0 Å². The van der Waals surface area contributed by atoms with Gasteiger partial charge in [-0.05, 0) is 82.2 Å². The SMILES string of the molecule is C=C(/C=C1/OCO/C1=C/C)C1CC(CCN(C)CCC(=O)N(C)C=O)N(CC(=O)N(CCCC)CCCC(C)C)C1.CC(=O)O. The van der Waals surface area contributed by atoms with Gasteiger partial charge in [0.05, 0.1) is 6.54 Å². The Morgan fingerprint density at radius 1 is 1.07 bits per heavy atom. The summed E-state index contributed by atoms with van der Waals surface area (Å²) >= 11 is 0. The number of ether oxygens (including phenoxy) is 2. The number of imide groups is 1. The molecule has 1 N–H and O–H groups in total. The highest BCUT2D eigenvalue weighted by Crippen LogP contribution is 2.33. The lowest BCUT2D eigenvalue weighted by Crippen LogP contribution is -2.44. The average Bonchev–Trinajstić information content (AvgIpc) is 3.61.